The van der Waals surface area contributed by atoms with Crippen molar-refractivity contribution < 1.29 is 14.0 Å². The van der Waals surface area contributed by atoms with Crippen molar-refractivity contribution in [3.63, 3.8) is 0 Å². The van der Waals surface area contributed by atoms with Gasteiger partial charge in [0.05, 0.1) is 6.54 Å². The van der Waals surface area contributed by atoms with Gasteiger partial charge < -0.3 is 15.5 Å². The smallest absolute Gasteiger partial charge is 0.317 e. The Morgan fingerprint density at radius 3 is 2.52 bits per heavy atom. The first kappa shape index (κ1) is 17.7. The SMILES string of the molecule is O=C(CNC(=O)N1CCC(Cc2cccc(F)c2)CC1)NCC1CC1. The predicted octanol–water partition coefficient (Wildman–Crippen LogP) is 2.32. The van der Waals surface area contributed by atoms with Gasteiger partial charge in [-0.15, -0.1) is 0 Å². The Hall–Kier alpha value is -2.11. The molecule has 25 heavy (non-hydrogen) atoms. The van der Waals surface area contributed by atoms with Gasteiger partial charge in [0.2, 0.25) is 5.91 Å². The summed E-state index contributed by atoms with van der Waals surface area (Å²) in [6.07, 6.45) is 5.03. The van der Waals surface area contributed by atoms with E-state index in [2.05, 4.69) is 10.6 Å². The summed E-state index contributed by atoms with van der Waals surface area (Å²) in [6, 6.07) is 6.55. The lowest BCUT2D eigenvalue weighted by atomic mass is 9.90. The molecule has 1 aliphatic carbocycles. The molecule has 2 N–H and O–H groups in total. The molecule has 0 spiro atoms. The van der Waals surface area contributed by atoms with E-state index in [9.17, 15) is 14.0 Å². The molecule has 1 aromatic rings. The van der Waals surface area contributed by atoms with Crippen LogP contribution in [0.25, 0.3) is 0 Å². The number of hydrogen-bond acceptors (Lipinski definition) is 2. The standard InChI is InChI=1S/C19H26FN3O2/c20-17-3-1-2-16(11-17)10-14-6-8-23(9-7-14)19(25)22-13-18(24)21-12-15-4-5-15/h1-3,11,14-15H,4-10,12-13H2,(H,21,24)(H,22,25). The monoisotopic (exact) mass is 347 g/mol. The molecule has 0 atom stereocenters. The van der Waals surface area contributed by atoms with Gasteiger partial charge >= 0.3 is 6.03 Å². The van der Waals surface area contributed by atoms with Crippen molar-refractivity contribution in [2.75, 3.05) is 26.2 Å². The van der Waals surface area contributed by atoms with Crippen molar-refractivity contribution in [2.24, 2.45) is 11.8 Å². The number of carbonyl (C=O) groups is 2. The summed E-state index contributed by atoms with van der Waals surface area (Å²) in [5.41, 5.74) is 1.01. The number of likely N-dealkylation sites (tertiary alicyclic amines) is 1. The maximum absolute atomic E-state index is 13.2. The van der Waals surface area contributed by atoms with Crippen LogP contribution in [0.4, 0.5) is 9.18 Å². The van der Waals surface area contributed by atoms with Crippen molar-refractivity contribution >= 4 is 11.9 Å². The molecule has 0 radical (unpaired) electrons. The normalized spacial score (nSPS) is 18.0. The van der Waals surface area contributed by atoms with Gasteiger partial charge in [-0.2, -0.15) is 0 Å². The summed E-state index contributed by atoms with van der Waals surface area (Å²) < 4.78 is 13.2. The molecule has 2 aliphatic rings. The highest BCUT2D eigenvalue weighted by Gasteiger charge is 2.24. The van der Waals surface area contributed by atoms with Crippen molar-refractivity contribution in [3.8, 4) is 0 Å². The lowest BCUT2D eigenvalue weighted by Crippen LogP contribution is -2.47. The first-order valence-electron chi connectivity index (χ1n) is 9.14. The van der Waals surface area contributed by atoms with Crippen LogP contribution in [0, 0.1) is 17.7 Å². The number of nitrogens with zero attached hydrogens (tertiary/aromatic N) is 1. The minimum atomic E-state index is -0.200. The Morgan fingerprint density at radius 2 is 1.84 bits per heavy atom. The molecular weight excluding hydrogens is 321 g/mol. The summed E-state index contributed by atoms with van der Waals surface area (Å²) in [7, 11) is 0. The number of rotatable bonds is 6. The van der Waals surface area contributed by atoms with Gasteiger partial charge in [-0.25, -0.2) is 9.18 Å². The van der Waals surface area contributed by atoms with Crippen molar-refractivity contribution in [3.05, 3.63) is 35.6 Å². The highest BCUT2D eigenvalue weighted by Crippen LogP contribution is 2.27. The van der Waals surface area contributed by atoms with Crippen molar-refractivity contribution in [2.45, 2.75) is 32.1 Å². The third-order valence-electron chi connectivity index (χ3n) is 5.00. The maximum atomic E-state index is 13.2. The Bertz CT molecular complexity index is 610. The molecule has 0 unspecified atom stereocenters. The van der Waals surface area contributed by atoms with E-state index in [4.69, 9.17) is 0 Å². The highest BCUT2D eigenvalue weighted by molar-refractivity contribution is 5.83. The first-order valence-corrected chi connectivity index (χ1v) is 9.14. The van der Waals surface area contributed by atoms with Crippen molar-refractivity contribution in [1.82, 2.24) is 15.5 Å². The number of nitrogens with one attached hydrogen (secondary N) is 2. The van der Waals surface area contributed by atoms with Gasteiger partial charge in [-0.3, -0.25) is 4.79 Å². The van der Waals surface area contributed by atoms with E-state index in [1.54, 1.807) is 17.0 Å². The number of hydrogen-bond donors (Lipinski definition) is 2. The molecule has 0 aromatic heterocycles. The van der Waals surface area contributed by atoms with E-state index in [1.165, 1.54) is 18.9 Å². The molecule has 1 heterocycles. The van der Waals surface area contributed by atoms with Crippen LogP contribution in [-0.2, 0) is 11.2 Å². The van der Waals surface area contributed by atoms with E-state index < -0.39 is 0 Å². The molecule has 1 saturated carbocycles. The Kier molecular flexibility index (Phi) is 5.89. The van der Waals surface area contributed by atoms with Gasteiger partial charge in [0.15, 0.2) is 0 Å². The molecule has 1 aromatic carbocycles. The van der Waals surface area contributed by atoms with Crippen LogP contribution >= 0.6 is 0 Å². The second kappa shape index (κ2) is 8.32. The quantitative estimate of drug-likeness (QED) is 0.830. The van der Waals surface area contributed by atoms with E-state index in [0.717, 1.165) is 31.4 Å². The molecule has 3 rings (SSSR count). The molecule has 2 fully saturated rings. The van der Waals surface area contributed by atoms with Crippen LogP contribution in [0.15, 0.2) is 24.3 Å². The van der Waals surface area contributed by atoms with E-state index in [0.29, 0.717) is 24.9 Å². The number of halogens is 1. The fourth-order valence-corrected chi connectivity index (χ4v) is 3.25. The summed E-state index contributed by atoms with van der Waals surface area (Å²) in [5, 5.41) is 5.53. The second-order valence-corrected chi connectivity index (χ2v) is 7.17. The number of urea groups is 1. The van der Waals surface area contributed by atoms with E-state index in [1.807, 2.05) is 6.07 Å². The third kappa shape index (κ3) is 5.73. The summed E-state index contributed by atoms with van der Waals surface area (Å²) >= 11 is 0. The van der Waals surface area contributed by atoms with Crippen LogP contribution in [0.1, 0.15) is 31.2 Å². The second-order valence-electron chi connectivity index (χ2n) is 7.17. The zero-order valence-electron chi connectivity index (χ0n) is 14.5. The molecule has 3 amide bonds. The van der Waals surface area contributed by atoms with Crippen LogP contribution < -0.4 is 10.6 Å². The predicted molar refractivity (Wildman–Crippen MR) is 93.5 cm³/mol. The van der Waals surface area contributed by atoms with Gasteiger partial charge in [0, 0.05) is 19.6 Å². The molecule has 1 saturated heterocycles. The minimum absolute atomic E-state index is 0.0365. The van der Waals surface area contributed by atoms with E-state index >= 15 is 0 Å². The van der Waals surface area contributed by atoms with Crippen LogP contribution in [0.5, 0.6) is 0 Å². The molecule has 6 heteroatoms. The van der Waals surface area contributed by atoms with Crippen LogP contribution in [-0.4, -0.2) is 43.0 Å². The lowest BCUT2D eigenvalue weighted by molar-refractivity contribution is -0.120. The van der Waals surface area contributed by atoms with Gasteiger partial charge in [0.25, 0.3) is 0 Å². The van der Waals surface area contributed by atoms with Crippen LogP contribution in [0.3, 0.4) is 0 Å². The van der Waals surface area contributed by atoms with Gasteiger partial charge in [0.1, 0.15) is 5.82 Å². The molecular formula is C19H26FN3O2. The van der Waals surface area contributed by atoms with Gasteiger partial charge in [-0.1, -0.05) is 12.1 Å². The minimum Gasteiger partial charge on any atom is -0.354 e. The number of carbonyl (C=O) groups excluding carboxylic acids is 2. The fourth-order valence-electron chi connectivity index (χ4n) is 3.25. The summed E-state index contributed by atoms with van der Waals surface area (Å²) in [6.45, 7) is 2.11. The Balaban J connectivity index is 1.34. The topological polar surface area (TPSA) is 61.4 Å². The molecule has 136 valence electrons. The average molecular weight is 347 g/mol. The summed E-state index contributed by atoms with van der Waals surface area (Å²) in [5.74, 6) is 0.778. The van der Waals surface area contributed by atoms with Crippen molar-refractivity contribution in [1.29, 1.82) is 0 Å². The lowest BCUT2D eigenvalue weighted by Gasteiger charge is -2.32. The largest absolute Gasteiger partial charge is 0.354 e. The molecule has 1 aliphatic heterocycles. The molecule has 5 nitrogen and oxygen atoms in total. The Labute approximate surface area is 148 Å². The average Bonchev–Trinajstić information content (AvgIpc) is 3.43. The van der Waals surface area contributed by atoms with Gasteiger partial charge in [-0.05, 0) is 61.6 Å². The van der Waals surface area contributed by atoms with Crippen LogP contribution in [0.2, 0.25) is 0 Å². The number of amides is 3. The van der Waals surface area contributed by atoms with E-state index in [-0.39, 0.29) is 24.3 Å². The zero-order valence-corrected chi connectivity index (χ0v) is 14.5. The number of benzene rings is 1. The first-order chi connectivity index (χ1) is 12.1. The molecule has 0 bridgehead atoms. The zero-order chi connectivity index (χ0) is 17.6. The summed E-state index contributed by atoms with van der Waals surface area (Å²) in [4.78, 5) is 25.6. The maximum Gasteiger partial charge on any atom is 0.317 e. The third-order valence-corrected chi connectivity index (χ3v) is 5.00. The highest BCUT2D eigenvalue weighted by atomic mass is 19.1. The fraction of sp³-hybridized carbons (Fsp3) is 0.579. The number of piperidine rings is 1. The Morgan fingerprint density at radius 1 is 1.08 bits per heavy atom.